The zero-order valence-corrected chi connectivity index (χ0v) is 14.8. The lowest BCUT2D eigenvalue weighted by Gasteiger charge is -2.11. The molecule has 114 valence electrons. The van der Waals surface area contributed by atoms with E-state index in [-0.39, 0.29) is 0 Å². The summed E-state index contributed by atoms with van der Waals surface area (Å²) in [6.07, 6.45) is 3.76. The Hall–Kier alpha value is -0.980. The van der Waals surface area contributed by atoms with Crippen molar-refractivity contribution in [1.82, 2.24) is 15.3 Å². The Kier molecular flexibility index (Phi) is 6.60. The molecule has 0 aromatic carbocycles. The Morgan fingerprint density at radius 1 is 1.38 bits per heavy atom. The Balaban J connectivity index is 1.93. The number of aryl methyl sites for hydroxylation is 1. The van der Waals surface area contributed by atoms with Crippen molar-refractivity contribution in [3.8, 4) is 5.88 Å². The van der Waals surface area contributed by atoms with E-state index in [1.54, 1.807) is 17.5 Å². The molecule has 0 amide bonds. The van der Waals surface area contributed by atoms with Crippen LogP contribution in [-0.2, 0) is 13.0 Å². The van der Waals surface area contributed by atoms with Crippen LogP contribution in [0.25, 0.3) is 0 Å². The number of nitrogens with one attached hydrogen (secondary N) is 1. The van der Waals surface area contributed by atoms with Gasteiger partial charge in [-0.2, -0.15) is 0 Å². The summed E-state index contributed by atoms with van der Waals surface area (Å²) < 4.78 is 6.83. The first-order chi connectivity index (χ1) is 10.2. The molecule has 2 aromatic rings. The van der Waals surface area contributed by atoms with Gasteiger partial charge in [0.15, 0.2) is 0 Å². The standard InChI is InChI=1S/C15H20BrN3OS/c1-3-5-17-8-12-7-13(16)9-18-15(12)20-6-4-14-11(2)19-10-21-14/h7,9-10,17H,3-6,8H2,1-2H3. The van der Waals surface area contributed by atoms with Crippen molar-refractivity contribution in [2.24, 2.45) is 0 Å². The van der Waals surface area contributed by atoms with Crippen molar-refractivity contribution in [1.29, 1.82) is 0 Å². The molecule has 6 heteroatoms. The molecular weight excluding hydrogens is 350 g/mol. The second-order valence-electron chi connectivity index (χ2n) is 4.75. The summed E-state index contributed by atoms with van der Waals surface area (Å²) >= 11 is 5.14. The summed E-state index contributed by atoms with van der Waals surface area (Å²) in [5.74, 6) is 0.712. The highest BCUT2D eigenvalue weighted by Gasteiger charge is 2.08. The van der Waals surface area contributed by atoms with Crippen LogP contribution in [0.5, 0.6) is 5.88 Å². The first-order valence-electron chi connectivity index (χ1n) is 7.07. The highest BCUT2D eigenvalue weighted by Crippen LogP contribution is 2.21. The molecule has 2 rings (SSSR count). The van der Waals surface area contributed by atoms with Crippen molar-refractivity contribution in [3.63, 3.8) is 0 Å². The molecule has 2 heterocycles. The molecule has 21 heavy (non-hydrogen) atoms. The van der Waals surface area contributed by atoms with Gasteiger partial charge in [0.1, 0.15) is 0 Å². The Morgan fingerprint density at radius 2 is 2.24 bits per heavy atom. The predicted molar refractivity (Wildman–Crippen MR) is 90.0 cm³/mol. The molecule has 1 N–H and O–H groups in total. The third-order valence-corrected chi connectivity index (χ3v) is 4.48. The maximum atomic E-state index is 5.86. The lowest BCUT2D eigenvalue weighted by Crippen LogP contribution is -2.15. The average Bonchev–Trinajstić information content (AvgIpc) is 2.87. The molecule has 0 fully saturated rings. The quantitative estimate of drug-likeness (QED) is 0.720. The van der Waals surface area contributed by atoms with Crippen LogP contribution in [0.4, 0.5) is 0 Å². The van der Waals surface area contributed by atoms with E-state index in [1.165, 1.54) is 4.88 Å². The first-order valence-corrected chi connectivity index (χ1v) is 8.75. The number of ether oxygens (including phenoxy) is 1. The van der Waals surface area contributed by atoms with Crippen LogP contribution in [0.2, 0.25) is 0 Å². The van der Waals surface area contributed by atoms with Gasteiger partial charge in [-0.3, -0.25) is 0 Å². The number of nitrogens with zero attached hydrogens (tertiary/aromatic N) is 2. The van der Waals surface area contributed by atoms with Gasteiger partial charge in [-0.1, -0.05) is 6.92 Å². The number of pyridine rings is 1. The highest BCUT2D eigenvalue weighted by atomic mass is 79.9. The maximum absolute atomic E-state index is 5.86. The molecule has 0 radical (unpaired) electrons. The summed E-state index contributed by atoms with van der Waals surface area (Å²) in [7, 11) is 0. The Morgan fingerprint density at radius 3 is 2.95 bits per heavy atom. The summed E-state index contributed by atoms with van der Waals surface area (Å²) in [4.78, 5) is 9.91. The van der Waals surface area contributed by atoms with E-state index in [0.29, 0.717) is 12.5 Å². The third-order valence-electron chi connectivity index (χ3n) is 3.05. The van der Waals surface area contributed by atoms with Crippen molar-refractivity contribution < 1.29 is 4.74 Å². The van der Waals surface area contributed by atoms with Gasteiger partial charge >= 0.3 is 0 Å². The molecule has 0 aliphatic carbocycles. The highest BCUT2D eigenvalue weighted by molar-refractivity contribution is 9.10. The molecule has 0 aliphatic rings. The number of aromatic nitrogens is 2. The average molecular weight is 370 g/mol. The second-order valence-corrected chi connectivity index (χ2v) is 6.61. The minimum absolute atomic E-state index is 0.623. The van der Waals surface area contributed by atoms with Gasteiger partial charge in [-0.05, 0) is 41.9 Å². The van der Waals surface area contributed by atoms with Crippen molar-refractivity contribution in [2.75, 3.05) is 13.2 Å². The molecule has 4 nitrogen and oxygen atoms in total. The van der Waals surface area contributed by atoms with Crippen molar-refractivity contribution in [2.45, 2.75) is 33.2 Å². The largest absolute Gasteiger partial charge is 0.477 e. The van der Waals surface area contributed by atoms with Crippen LogP contribution < -0.4 is 10.1 Å². The van der Waals surface area contributed by atoms with E-state index in [9.17, 15) is 0 Å². The minimum atomic E-state index is 0.623. The maximum Gasteiger partial charge on any atom is 0.217 e. The number of hydrogen-bond donors (Lipinski definition) is 1. The summed E-state index contributed by atoms with van der Waals surface area (Å²) in [6, 6.07) is 2.06. The van der Waals surface area contributed by atoms with E-state index >= 15 is 0 Å². The summed E-state index contributed by atoms with van der Waals surface area (Å²) in [5.41, 5.74) is 4.05. The lowest BCUT2D eigenvalue weighted by molar-refractivity contribution is 0.305. The SMILES string of the molecule is CCCNCc1cc(Br)cnc1OCCc1scnc1C. The monoisotopic (exact) mass is 369 g/mol. The zero-order chi connectivity index (χ0) is 15.1. The fourth-order valence-electron chi connectivity index (χ4n) is 1.93. The molecule has 0 aliphatic heterocycles. The van der Waals surface area contributed by atoms with Gasteiger partial charge in [0, 0.05) is 34.1 Å². The molecule has 0 saturated heterocycles. The van der Waals surface area contributed by atoms with Crippen molar-refractivity contribution in [3.05, 3.63) is 38.4 Å². The van der Waals surface area contributed by atoms with Crippen LogP contribution in [0.3, 0.4) is 0 Å². The molecule has 0 atom stereocenters. The minimum Gasteiger partial charge on any atom is -0.477 e. The van der Waals surface area contributed by atoms with Crippen LogP contribution in [-0.4, -0.2) is 23.1 Å². The van der Waals surface area contributed by atoms with Crippen LogP contribution in [0.15, 0.2) is 22.2 Å². The number of rotatable bonds is 8. The topological polar surface area (TPSA) is 47.0 Å². The first kappa shape index (κ1) is 16.4. The lowest BCUT2D eigenvalue weighted by atomic mass is 10.2. The number of hydrogen-bond acceptors (Lipinski definition) is 5. The zero-order valence-electron chi connectivity index (χ0n) is 12.4. The fraction of sp³-hybridized carbons (Fsp3) is 0.467. The van der Waals surface area contributed by atoms with Crippen LogP contribution in [0.1, 0.15) is 29.5 Å². The van der Waals surface area contributed by atoms with Gasteiger partial charge in [-0.25, -0.2) is 9.97 Å². The number of halogens is 1. The van der Waals surface area contributed by atoms with Gasteiger partial charge in [0.25, 0.3) is 0 Å². The normalized spacial score (nSPS) is 10.8. The smallest absolute Gasteiger partial charge is 0.217 e. The third kappa shape index (κ3) is 5.05. The molecular formula is C15H20BrN3OS. The van der Waals surface area contributed by atoms with E-state index in [0.717, 1.165) is 41.7 Å². The number of thiazole rings is 1. The van der Waals surface area contributed by atoms with Gasteiger partial charge in [0.2, 0.25) is 5.88 Å². The van der Waals surface area contributed by atoms with Gasteiger partial charge in [-0.15, -0.1) is 11.3 Å². The van der Waals surface area contributed by atoms with E-state index in [1.807, 2.05) is 12.4 Å². The second kappa shape index (κ2) is 8.46. The van der Waals surface area contributed by atoms with Crippen molar-refractivity contribution >= 4 is 27.3 Å². The van der Waals surface area contributed by atoms with Crippen LogP contribution in [0, 0.1) is 6.92 Å². The Bertz CT molecular complexity index is 574. The van der Waals surface area contributed by atoms with E-state index in [2.05, 4.69) is 44.2 Å². The molecule has 0 bridgehead atoms. The summed E-state index contributed by atoms with van der Waals surface area (Å²) in [5, 5.41) is 3.38. The Labute approximate surface area is 138 Å². The van der Waals surface area contributed by atoms with Gasteiger partial charge < -0.3 is 10.1 Å². The molecule has 0 unspecified atom stereocenters. The summed E-state index contributed by atoms with van der Waals surface area (Å²) in [6.45, 7) is 6.57. The fourth-order valence-corrected chi connectivity index (χ4v) is 3.07. The molecule has 0 spiro atoms. The van der Waals surface area contributed by atoms with Gasteiger partial charge in [0.05, 0.1) is 17.8 Å². The molecule has 0 saturated carbocycles. The van der Waals surface area contributed by atoms with E-state index in [4.69, 9.17) is 4.74 Å². The van der Waals surface area contributed by atoms with E-state index < -0.39 is 0 Å². The molecule has 2 aromatic heterocycles. The predicted octanol–water partition coefficient (Wildman–Crippen LogP) is 3.73. The van der Waals surface area contributed by atoms with Crippen LogP contribution >= 0.6 is 27.3 Å².